The van der Waals surface area contributed by atoms with Gasteiger partial charge in [-0.3, -0.25) is 4.79 Å². The summed E-state index contributed by atoms with van der Waals surface area (Å²) in [5.74, 6) is 0.411. The third kappa shape index (κ3) is 2.53. The topological polar surface area (TPSA) is 71.8 Å². The molecule has 0 fully saturated rings. The smallest absolute Gasteiger partial charge is 0.254 e. The zero-order chi connectivity index (χ0) is 14.0. The van der Waals surface area contributed by atoms with Crippen LogP contribution in [0.2, 0.25) is 5.02 Å². The Balaban J connectivity index is 2.51. The average Bonchev–Trinajstić information content (AvgIpc) is 2.79. The molecule has 0 aromatic carbocycles. The molecule has 0 spiro atoms. The van der Waals surface area contributed by atoms with Crippen molar-refractivity contribution in [2.45, 2.75) is 6.92 Å². The number of nitrogens with one attached hydrogen (secondary N) is 2. The maximum absolute atomic E-state index is 11.7. The van der Waals surface area contributed by atoms with Crippen LogP contribution < -0.4 is 10.6 Å². The molecule has 7 heteroatoms. The fraction of sp³-hybridized carbons (Fsp3) is 0.250. The first-order valence-electron chi connectivity index (χ1n) is 5.69. The molecule has 0 saturated heterocycles. The van der Waals surface area contributed by atoms with Crippen LogP contribution in [-0.2, 0) is 0 Å². The maximum atomic E-state index is 11.7. The number of amides is 1. The highest BCUT2D eigenvalue weighted by atomic mass is 35.5. The van der Waals surface area contributed by atoms with E-state index in [1.165, 1.54) is 6.20 Å². The molecule has 0 unspecified atom stereocenters. The van der Waals surface area contributed by atoms with E-state index in [0.29, 0.717) is 22.1 Å². The van der Waals surface area contributed by atoms with E-state index in [9.17, 15) is 4.79 Å². The first-order valence-corrected chi connectivity index (χ1v) is 6.06. The van der Waals surface area contributed by atoms with Gasteiger partial charge < -0.3 is 10.6 Å². The van der Waals surface area contributed by atoms with Gasteiger partial charge in [0.25, 0.3) is 5.91 Å². The highest BCUT2D eigenvalue weighted by Gasteiger charge is 2.15. The first kappa shape index (κ1) is 13.4. The number of carbonyl (C=O) groups is 1. The normalized spacial score (nSPS) is 10.3. The van der Waals surface area contributed by atoms with Gasteiger partial charge >= 0.3 is 0 Å². The van der Waals surface area contributed by atoms with Gasteiger partial charge in [-0.15, -0.1) is 0 Å². The molecule has 2 N–H and O–H groups in total. The molecule has 0 saturated carbocycles. The number of aromatic nitrogens is 3. The van der Waals surface area contributed by atoms with Crippen LogP contribution in [0.15, 0.2) is 18.5 Å². The predicted octanol–water partition coefficient (Wildman–Crippen LogP) is 1.63. The minimum Gasteiger partial charge on any atom is -0.385 e. The van der Waals surface area contributed by atoms with E-state index in [-0.39, 0.29) is 5.91 Å². The van der Waals surface area contributed by atoms with Gasteiger partial charge in [-0.2, -0.15) is 5.10 Å². The van der Waals surface area contributed by atoms with Crippen molar-refractivity contribution < 1.29 is 4.79 Å². The number of nitrogens with zero attached hydrogens (tertiary/aromatic N) is 3. The van der Waals surface area contributed by atoms with Crippen LogP contribution in [0.5, 0.6) is 0 Å². The lowest BCUT2D eigenvalue weighted by atomic mass is 10.2. The van der Waals surface area contributed by atoms with Gasteiger partial charge in [0.1, 0.15) is 0 Å². The summed E-state index contributed by atoms with van der Waals surface area (Å²) in [5, 5.41) is 10.4. The lowest BCUT2D eigenvalue weighted by Gasteiger charge is -2.07. The summed E-state index contributed by atoms with van der Waals surface area (Å²) >= 11 is 5.90. The van der Waals surface area contributed by atoms with Crippen LogP contribution in [0.1, 0.15) is 16.1 Å². The Bertz CT molecular complexity index is 623. The summed E-state index contributed by atoms with van der Waals surface area (Å²) in [6.45, 7) is 1.77. The van der Waals surface area contributed by atoms with Crippen LogP contribution in [0.25, 0.3) is 5.82 Å². The van der Waals surface area contributed by atoms with Crippen LogP contribution in [0.4, 0.5) is 5.69 Å². The van der Waals surface area contributed by atoms with Gasteiger partial charge in [0.15, 0.2) is 5.82 Å². The van der Waals surface area contributed by atoms with Crippen LogP contribution in [-0.4, -0.2) is 34.8 Å². The third-order valence-corrected chi connectivity index (χ3v) is 2.90. The summed E-state index contributed by atoms with van der Waals surface area (Å²) < 4.78 is 1.56. The second-order valence-corrected chi connectivity index (χ2v) is 4.36. The Kier molecular flexibility index (Phi) is 3.71. The van der Waals surface area contributed by atoms with Crippen molar-refractivity contribution in [1.29, 1.82) is 0 Å². The van der Waals surface area contributed by atoms with Gasteiger partial charge in [-0.1, -0.05) is 11.6 Å². The number of carbonyl (C=O) groups excluding carboxylic acids is 1. The van der Waals surface area contributed by atoms with E-state index >= 15 is 0 Å². The maximum Gasteiger partial charge on any atom is 0.254 e. The lowest BCUT2D eigenvalue weighted by molar-refractivity contribution is 0.0962. The number of anilines is 1. The molecular weight excluding hydrogens is 266 g/mol. The van der Waals surface area contributed by atoms with E-state index < -0.39 is 0 Å². The summed E-state index contributed by atoms with van der Waals surface area (Å²) in [6, 6.07) is 1.75. The van der Waals surface area contributed by atoms with Crippen molar-refractivity contribution in [3.05, 3.63) is 34.7 Å². The number of hydrogen-bond acceptors (Lipinski definition) is 4. The number of rotatable bonds is 3. The molecule has 2 heterocycles. The monoisotopic (exact) mass is 279 g/mol. The Labute approximate surface area is 115 Å². The second-order valence-electron chi connectivity index (χ2n) is 3.93. The van der Waals surface area contributed by atoms with E-state index in [0.717, 1.165) is 5.69 Å². The molecule has 100 valence electrons. The van der Waals surface area contributed by atoms with Gasteiger partial charge in [-0.25, -0.2) is 9.67 Å². The molecule has 1 amide bonds. The fourth-order valence-corrected chi connectivity index (χ4v) is 1.88. The molecule has 2 rings (SSSR count). The molecule has 0 aliphatic heterocycles. The Morgan fingerprint density at radius 1 is 1.42 bits per heavy atom. The van der Waals surface area contributed by atoms with Gasteiger partial charge in [0.05, 0.1) is 22.0 Å². The summed E-state index contributed by atoms with van der Waals surface area (Å²) in [4.78, 5) is 15.9. The largest absolute Gasteiger partial charge is 0.385 e. The minimum absolute atomic E-state index is 0.177. The second kappa shape index (κ2) is 5.27. The van der Waals surface area contributed by atoms with Crippen molar-refractivity contribution in [1.82, 2.24) is 20.1 Å². The van der Waals surface area contributed by atoms with Gasteiger partial charge in [0, 0.05) is 26.5 Å². The van der Waals surface area contributed by atoms with Crippen LogP contribution >= 0.6 is 11.6 Å². The minimum atomic E-state index is -0.177. The number of aryl methyl sites for hydroxylation is 1. The number of pyridine rings is 1. The first-order chi connectivity index (χ1) is 9.06. The Morgan fingerprint density at radius 2 is 2.16 bits per heavy atom. The molecule has 19 heavy (non-hydrogen) atoms. The molecule has 0 aliphatic rings. The number of halogens is 1. The molecule has 6 nitrogen and oxygen atoms in total. The third-order valence-electron chi connectivity index (χ3n) is 2.69. The van der Waals surface area contributed by atoms with Crippen LogP contribution in [0, 0.1) is 6.92 Å². The molecular formula is C12H14ClN5O. The number of hydrogen-bond donors (Lipinski definition) is 2. The SMILES string of the molecule is CNC(=O)c1cn(-c2ncc(Cl)cc2NC)nc1C. The summed E-state index contributed by atoms with van der Waals surface area (Å²) in [5.41, 5.74) is 1.89. The quantitative estimate of drug-likeness (QED) is 0.896. The van der Waals surface area contributed by atoms with Crippen molar-refractivity contribution in [2.24, 2.45) is 0 Å². The van der Waals surface area contributed by atoms with Crippen molar-refractivity contribution in [3.63, 3.8) is 0 Å². The fourth-order valence-electron chi connectivity index (χ4n) is 1.72. The average molecular weight is 280 g/mol. The molecule has 0 radical (unpaired) electrons. The molecule has 2 aromatic heterocycles. The highest BCUT2D eigenvalue weighted by Crippen LogP contribution is 2.22. The standard InChI is InChI=1S/C12H14ClN5O/c1-7-9(12(19)15-3)6-18(17-7)11-10(14-2)4-8(13)5-16-11/h4-6,14H,1-3H3,(H,15,19). The van der Waals surface area contributed by atoms with E-state index in [2.05, 4.69) is 20.7 Å². The molecule has 0 aliphatic carbocycles. The molecule has 0 atom stereocenters. The van der Waals surface area contributed by atoms with E-state index in [1.54, 1.807) is 38.0 Å². The van der Waals surface area contributed by atoms with Crippen molar-refractivity contribution >= 4 is 23.2 Å². The Morgan fingerprint density at radius 3 is 2.79 bits per heavy atom. The van der Waals surface area contributed by atoms with Gasteiger partial charge in [-0.05, 0) is 13.0 Å². The predicted molar refractivity (Wildman–Crippen MR) is 74.0 cm³/mol. The van der Waals surface area contributed by atoms with Crippen LogP contribution in [0.3, 0.4) is 0 Å². The lowest BCUT2D eigenvalue weighted by Crippen LogP contribution is -2.18. The van der Waals surface area contributed by atoms with Crippen molar-refractivity contribution in [3.8, 4) is 5.82 Å². The zero-order valence-electron chi connectivity index (χ0n) is 10.9. The van der Waals surface area contributed by atoms with Crippen molar-refractivity contribution in [2.75, 3.05) is 19.4 Å². The molecule has 0 bridgehead atoms. The summed E-state index contributed by atoms with van der Waals surface area (Å²) in [7, 11) is 3.35. The highest BCUT2D eigenvalue weighted by molar-refractivity contribution is 6.30. The summed E-state index contributed by atoms with van der Waals surface area (Å²) in [6.07, 6.45) is 3.18. The van der Waals surface area contributed by atoms with E-state index in [4.69, 9.17) is 11.6 Å². The Hall–Kier alpha value is -2.08. The van der Waals surface area contributed by atoms with E-state index in [1.807, 2.05) is 0 Å². The zero-order valence-corrected chi connectivity index (χ0v) is 11.6. The van der Waals surface area contributed by atoms with Gasteiger partial charge in [0.2, 0.25) is 0 Å². The molecule has 2 aromatic rings.